The van der Waals surface area contributed by atoms with Crippen molar-refractivity contribution in [1.29, 1.82) is 0 Å². The number of allylic oxidation sites excluding steroid dienone is 2. The Balaban J connectivity index is 1.73. The lowest BCUT2D eigenvalue weighted by molar-refractivity contribution is -0.120. The number of rotatable bonds is 15. The van der Waals surface area contributed by atoms with Crippen molar-refractivity contribution < 1.29 is 28.2 Å². The quantitative estimate of drug-likeness (QED) is 0.220. The molecule has 0 aliphatic carbocycles. The van der Waals surface area contributed by atoms with Crippen LogP contribution in [0.25, 0.3) is 0 Å². The predicted octanol–water partition coefficient (Wildman–Crippen LogP) is 1.09. The van der Waals surface area contributed by atoms with Gasteiger partial charge in [0.2, 0.25) is 15.9 Å². The first-order valence-electron chi connectivity index (χ1n) is 11.2. The average molecular weight is 447 g/mol. The standard InChI is InChI=1S/C21H38N2O6S/c1-2-3-7-12-30(27,28)23-14-21(26)22-13-18-17(19-10-11-20(18)29-19)9-6-4-5-8-16(25)15-24/h4,6,16-20,23-25H,2-3,5,7-15H2,1H3,(H,22,26)/b6-4-/t16-,17?,18-,19+,20-/m1/s1. The lowest BCUT2D eigenvalue weighted by Crippen LogP contribution is -2.42. The van der Waals surface area contributed by atoms with Crippen LogP contribution in [0.4, 0.5) is 0 Å². The monoisotopic (exact) mass is 446 g/mol. The molecule has 0 aromatic carbocycles. The van der Waals surface area contributed by atoms with Crippen molar-refractivity contribution >= 4 is 15.9 Å². The summed E-state index contributed by atoms with van der Waals surface area (Å²) in [6.45, 7) is 2.05. The summed E-state index contributed by atoms with van der Waals surface area (Å²) >= 11 is 0. The van der Waals surface area contributed by atoms with Crippen LogP contribution in [0.1, 0.15) is 58.3 Å². The zero-order valence-corrected chi connectivity index (χ0v) is 18.8. The largest absolute Gasteiger partial charge is 0.394 e. The number of aliphatic hydroxyl groups excluding tert-OH is 2. The smallest absolute Gasteiger partial charge is 0.235 e. The molecule has 5 atom stereocenters. The van der Waals surface area contributed by atoms with Gasteiger partial charge in [0.05, 0.1) is 37.2 Å². The number of hydrogen-bond donors (Lipinski definition) is 4. The van der Waals surface area contributed by atoms with Gasteiger partial charge in [0, 0.05) is 12.5 Å². The summed E-state index contributed by atoms with van der Waals surface area (Å²) < 4.78 is 32.2. The summed E-state index contributed by atoms with van der Waals surface area (Å²) in [5, 5.41) is 21.1. The Kier molecular flexibility index (Phi) is 10.7. The number of aliphatic hydroxyl groups is 2. The molecule has 8 nitrogen and oxygen atoms in total. The van der Waals surface area contributed by atoms with Crippen LogP contribution in [0.2, 0.25) is 0 Å². The second-order valence-corrected chi connectivity index (χ2v) is 10.3. The first-order chi connectivity index (χ1) is 14.4. The number of ether oxygens (including phenoxy) is 1. The van der Waals surface area contributed by atoms with Crippen molar-refractivity contribution in [2.75, 3.05) is 25.4 Å². The molecule has 4 N–H and O–H groups in total. The highest BCUT2D eigenvalue weighted by Gasteiger charge is 2.47. The predicted molar refractivity (Wildman–Crippen MR) is 115 cm³/mol. The zero-order valence-electron chi connectivity index (χ0n) is 18.0. The van der Waals surface area contributed by atoms with Crippen molar-refractivity contribution in [3.05, 3.63) is 12.2 Å². The van der Waals surface area contributed by atoms with Crippen LogP contribution >= 0.6 is 0 Å². The molecule has 2 rings (SSSR count). The molecule has 174 valence electrons. The van der Waals surface area contributed by atoms with E-state index < -0.39 is 16.1 Å². The lowest BCUT2D eigenvalue weighted by atomic mass is 9.77. The van der Waals surface area contributed by atoms with Crippen LogP contribution in [0.5, 0.6) is 0 Å². The van der Waals surface area contributed by atoms with E-state index >= 15 is 0 Å². The van der Waals surface area contributed by atoms with E-state index in [1.165, 1.54) is 0 Å². The molecule has 2 saturated heterocycles. The van der Waals surface area contributed by atoms with Gasteiger partial charge in [-0.3, -0.25) is 4.79 Å². The third kappa shape index (κ3) is 8.26. The van der Waals surface area contributed by atoms with E-state index in [9.17, 15) is 18.3 Å². The molecular formula is C21H38N2O6S. The fourth-order valence-electron chi connectivity index (χ4n) is 4.31. The van der Waals surface area contributed by atoms with Crippen LogP contribution in [-0.2, 0) is 19.6 Å². The van der Waals surface area contributed by atoms with E-state index in [4.69, 9.17) is 9.84 Å². The van der Waals surface area contributed by atoms with Crippen LogP contribution < -0.4 is 10.0 Å². The highest BCUT2D eigenvalue weighted by molar-refractivity contribution is 7.89. The van der Waals surface area contributed by atoms with Gasteiger partial charge in [0.1, 0.15) is 0 Å². The fraction of sp³-hybridized carbons (Fsp3) is 0.857. The molecular weight excluding hydrogens is 408 g/mol. The Hall–Kier alpha value is -1.00. The molecule has 2 aliphatic rings. The van der Waals surface area contributed by atoms with Gasteiger partial charge in [-0.25, -0.2) is 13.1 Å². The molecule has 2 heterocycles. The van der Waals surface area contributed by atoms with Gasteiger partial charge in [-0.15, -0.1) is 0 Å². The summed E-state index contributed by atoms with van der Waals surface area (Å²) in [4.78, 5) is 12.1. The minimum absolute atomic E-state index is 0.0537. The molecule has 0 aromatic heterocycles. The third-order valence-corrected chi connectivity index (χ3v) is 7.46. The van der Waals surface area contributed by atoms with Gasteiger partial charge in [-0.2, -0.15) is 0 Å². The van der Waals surface area contributed by atoms with Gasteiger partial charge in [0.15, 0.2) is 0 Å². The van der Waals surface area contributed by atoms with E-state index in [1.807, 2.05) is 13.0 Å². The number of carbonyl (C=O) groups excluding carboxylic acids is 1. The number of sulfonamides is 1. The molecule has 0 radical (unpaired) electrons. The Morgan fingerprint density at radius 2 is 1.93 bits per heavy atom. The number of hydrogen-bond acceptors (Lipinski definition) is 6. The zero-order chi connectivity index (χ0) is 22.0. The molecule has 0 aromatic rings. The van der Waals surface area contributed by atoms with Crippen LogP contribution in [0.15, 0.2) is 12.2 Å². The molecule has 0 spiro atoms. The normalized spacial score (nSPS) is 27.0. The third-order valence-electron chi connectivity index (χ3n) is 6.05. The Bertz CT molecular complexity index is 654. The minimum atomic E-state index is -3.41. The molecule has 9 heteroatoms. The minimum Gasteiger partial charge on any atom is -0.394 e. The number of amides is 1. The highest BCUT2D eigenvalue weighted by atomic mass is 32.2. The van der Waals surface area contributed by atoms with E-state index in [0.717, 1.165) is 32.1 Å². The number of nitrogens with one attached hydrogen (secondary N) is 2. The fourth-order valence-corrected chi connectivity index (χ4v) is 5.39. The number of fused-ring (bicyclic) bond motifs is 2. The topological polar surface area (TPSA) is 125 Å². The van der Waals surface area contributed by atoms with Crippen molar-refractivity contribution in [1.82, 2.24) is 10.0 Å². The maximum atomic E-state index is 12.1. The first kappa shape index (κ1) is 25.3. The van der Waals surface area contributed by atoms with Crippen LogP contribution in [-0.4, -0.2) is 68.3 Å². The van der Waals surface area contributed by atoms with E-state index in [0.29, 0.717) is 31.7 Å². The van der Waals surface area contributed by atoms with E-state index in [1.54, 1.807) is 0 Å². The lowest BCUT2D eigenvalue weighted by Gasteiger charge is -2.27. The molecule has 0 saturated carbocycles. The summed E-state index contributed by atoms with van der Waals surface area (Å²) in [7, 11) is -3.41. The second-order valence-electron chi connectivity index (χ2n) is 8.39. The van der Waals surface area contributed by atoms with Gasteiger partial charge in [-0.1, -0.05) is 31.9 Å². The Morgan fingerprint density at radius 1 is 1.20 bits per heavy atom. The summed E-state index contributed by atoms with van der Waals surface area (Å²) in [6.07, 6.45) is 10.3. The van der Waals surface area contributed by atoms with Crippen LogP contribution in [0.3, 0.4) is 0 Å². The van der Waals surface area contributed by atoms with Gasteiger partial charge in [-0.05, 0) is 44.4 Å². The van der Waals surface area contributed by atoms with Gasteiger partial charge < -0.3 is 20.3 Å². The molecule has 1 unspecified atom stereocenters. The summed E-state index contributed by atoms with van der Waals surface area (Å²) in [5.74, 6) is 0.289. The van der Waals surface area contributed by atoms with Gasteiger partial charge >= 0.3 is 0 Å². The molecule has 2 bridgehead atoms. The van der Waals surface area contributed by atoms with Crippen LogP contribution in [0, 0.1) is 11.8 Å². The van der Waals surface area contributed by atoms with E-state index in [-0.39, 0.29) is 42.9 Å². The summed E-state index contributed by atoms with van der Waals surface area (Å²) in [6, 6.07) is 0. The summed E-state index contributed by atoms with van der Waals surface area (Å²) in [5.41, 5.74) is 0. The number of carbonyl (C=O) groups is 1. The van der Waals surface area contributed by atoms with Crippen molar-refractivity contribution in [2.24, 2.45) is 11.8 Å². The number of unbranched alkanes of at least 4 members (excludes halogenated alkanes) is 2. The van der Waals surface area contributed by atoms with E-state index in [2.05, 4.69) is 16.1 Å². The molecule has 2 aliphatic heterocycles. The Morgan fingerprint density at radius 3 is 2.63 bits per heavy atom. The Labute approximate surface area is 180 Å². The first-order valence-corrected chi connectivity index (χ1v) is 12.8. The molecule has 1 amide bonds. The SMILES string of the molecule is CCCCCS(=O)(=O)NCC(=O)NC[C@@H]1C(C/C=C\CC[C@@H](O)CO)[C@@H]2CC[C@H]1O2. The molecule has 2 fully saturated rings. The van der Waals surface area contributed by atoms with Crippen molar-refractivity contribution in [2.45, 2.75) is 76.6 Å². The van der Waals surface area contributed by atoms with Crippen molar-refractivity contribution in [3.63, 3.8) is 0 Å². The highest BCUT2D eigenvalue weighted by Crippen LogP contribution is 2.44. The maximum Gasteiger partial charge on any atom is 0.235 e. The second kappa shape index (κ2) is 12.8. The molecule has 30 heavy (non-hydrogen) atoms. The van der Waals surface area contributed by atoms with Gasteiger partial charge in [0.25, 0.3) is 0 Å². The average Bonchev–Trinajstić information content (AvgIpc) is 3.32. The van der Waals surface area contributed by atoms with Crippen molar-refractivity contribution in [3.8, 4) is 0 Å². The maximum absolute atomic E-state index is 12.1.